The zero-order valence-corrected chi connectivity index (χ0v) is 15.2. The van der Waals surface area contributed by atoms with Gasteiger partial charge < -0.3 is 20.1 Å². The Morgan fingerprint density at radius 2 is 1.81 bits per heavy atom. The van der Waals surface area contributed by atoms with Crippen molar-refractivity contribution < 1.29 is 19.1 Å². The maximum atomic E-state index is 12.4. The number of hydrogen-bond acceptors (Lipinski definition) is 5. The van der Waals surface area contributed by atoms with E-state index in [1.807, 2.05) is 0 Å². The fourth-order valence-corrected chi connectivity index (χ4v) is 2.29. The van der Waals surface area contributed by atoms with Gasteiger partial charge in [-0.1, -0.05) is 13.3 Å². The van der Waals surface area contributed by atoms with Gasteiger partial charge in [-0.3, -0.25) is 14.6 Å². The van der Waals surface area contributed by atoms with Gasteiger partial charge in [0.05, 0.1) is 14.2 Å². The van der Waals surface area contributed by atoms with Gasteiger partial charge in [0, 0.05) is 30.1 Å². The zero-order chi connectivity index (χ0) is 18.9. The SMILES string of the molecule is CCCCNC(=O)c1ccnc(C(=O)Nc2ccc(OC)c(OC)c2)c1. The standard InChI is InChI=1S/C19H23N3O4/c1-4-5-9-21-18(23)13-8-10-20-15(11-13)19(24)22-14-6-7-16(25-2)17(12-14)26-3/h6-8,10-12H,4-5,9H2,1-3H3,(H,21,23)(H,22,24). The predicted molar refractivity (Wildman–Crippen MR) is 99.0 cm³/mol. The molecule has 0 aliphatic heterocycles. The molecule has 2 rings (SSSR count). The third-order valence-electron chi connectivity index (χ3n) is 3.71. The molecule has 7 heteroatoms. The van der Waals surface area contributed by atoms with E-state index in [0.29, 0.717) is 29.3 Å². The first-order valence-electron chi connectivity index (χ1n) is 8.36. The molecule has 0 saturated heterocycles. The van der Waals surface area contributed by atoms with E-state index < -0.39 is 5.91 Å². The molecule has 2 aromatic rings. The van der Waals surface area contributed by atoms with Crippen LogP contribution in [0.25, 0.3) is 0 Å². The highest BCUT2D eigenvalue weighted by molar-refractivity contribution is 6.04. The Hall–Kier alpha value is -3.09. The lowest BCUT2D eigenvalue weighted by Crippen LogP contribution is -2.25. The largest absolute Gasteiger partial charge is 0.493 e. The molecule has 0 radical (unpaired) electrons. The van der Waals surface area contributed by atoms with Crippen LogP contribution in [0.3, 0.4) is 0 Å². The number of amides is 2. The highest BCUT2D eigenvalue weighted by Gasteiger charge is 2.13. The number of ether oxygens (including phenoxy) is 2. The lowest BCUT2D eigenvalue weighted by atomic mass is 10.2. The summed E-state index contributed by atoms with van der Waals surface area (Å²) in [4.78, 5) is 28.6. The third-order valence-corrected chi connectivity index (χ3v) is 3.71. The molecule has 2 N–H and O–H groups in total. The molecule has 26 heavy (non-hydrogen) atoms. The quantitative estimate of drug-likeness (QED) is 0.709. The number of aromatic nitrogens is 1. The van der Waals surface area contributed by atoms with Gasteiger partial charge in [-0.15, -0.1) is 0 Å². The van der Waals surface area contributed by atoms with Crippen molar-refractivity contribution in [2.45, 2.75) is 19.8 Å². The maximum absolute atomic E-state index is 12.4. The summed E-state index contributed by atoms with van der Waals surface area (Å²) in [7, 11) is 3.06. The first-order chi connectivity index (χ1) is 12.6. The topological polar surface area (TPSA) is 89.6 Å². The van der Waals surface area contributed by atoms with E-state index in [1.165, 1.54) is 26.5 Å². The molecule has 0 spiro atoms. The fraction of sp³-hybridized carbons (Fsp3) is 0.316. The van der Waals surface area contributed by atoms with Gasteiger partial charge in [-0.25, -0.2) is 0 Å². The normalized spacial score (nSPS) is 10.1. The maximum Gasteiger partial charge on any atom is 0.274 e. The van der Waals surface area contributed by atoms with Crippen molar-refractivity contribution >= 4 is 17.5 Å². The van der Waals surface area contributed by atoms with Crippen LogP contribution in [0.1, 0.15) is 40.6 Å². The first-order valence-corrected chi connectivity index (χ1v) is 8.36. The Labute approximate surface area is 152 Å². The van der Waals surface area contributed by atoms with E-state index in [-0.39, 0.29) is 11.6 Å². The lowest BCUT2D eigenvalue weighted by Gasteiger charge is -2.11. The van der Waals surface area contributed by atoms with Crippen LogP contribution in [0.2, 0.25) is 0 Å². The number of nitrogens with zero attached hydrogens (tertiary/aromatic N) is 1. The van der Waals surface area contributed by atoms with Crippen molar-refractivity contribution in [1.29, 1.82) is 0 Å². The van der Waals surface area contributed by atoms with Crippen LogP contribution in [0.5, 0.6) is 11.5 Å². The number of nitrogens with one attached hydrogen (secondary N) is 2. The second-order valence-electron chi connectivity index (χ2n) is 5.56. The Kier molecular flexibility index (Phi) is 6.96. The monoisotopic (exact) mass is 357 g/mol. The van der Waals surface area contributed by atoms with Gasteiger partial charge in [0.1, 0.15) is 5.69 Å². The highest BCUT2D eigenvalue weighted by atomic mass is 16.5. The minimum absolute atomic E-state index is 0.155. The smallest absolute Gasteiger partial charge is 0.274 e. The Bertz CT molecular complexity index is 777. The number of hydrogen-bond donors (Lipinski definition) is 2. The summed E-state index contributed by atoms with van der Waals surface area (Å²) in [6, 6.07) is 8.09. The molecule has 1 aromatic carbocycles. The molecule has 0 aliphatic carbocycles. The number of anilines is 1. The molecule has 0 fully saturated rings. The van der Waals surface area contributed by atoms with E-state index in [2.05, 4.69) is 22.5 Å². The van der Waals surface area contributed by atoms with Crippen LogP contribution in [0, 0.1) is 0 Å². The second kappa shape index (κ2) is 9.41. The molecule has 0 unspecified atom stereocenters. The fourth-order valence-electron chi connectivity index (χ4n) is 2.29. The molecule has 0 saturated carbocycles. The van der Waals surface area contributed by atoms with E-state index in [4.69, 9.17) is 9.47 Å². The average molecular weight is 357 g/mol. The third kappa shape index (κ3) is 4.95. The molecule has 0 aliphatic rings. The van der Waals surface area contributed by atoms with Crippen LogP contribution >= 0.6 is 0 Å². The van der Waals surface area contributed by atoms with E-state index in [0.717, 1.165) is 12.8 Å². The molecule has 0 bridgehead atoms. The molecule has 138 valence electrons. The summed E-state index contributed by atoms with van der Waals surface area (Å²) in [5.74, 6) is 0.429. The van der Waals surface area contributed by atoms with E-state index in [9.17, 15) is 9.59 Å². The van der Waals surface area contributed by atoms with Crippen LogP contribution in [-0.4, -0.2) is 37.6 Å². The van der Waals surface area contributed by atoms with Gasteiger partial charge in [0.15, 0.2) is 11.5 Å². The average Bonchev–Trinajstić information content (AvgIpc) is 2.68. The number of carbonyl (C=O) groups is 2. The molecular weight excluding hydrogens is 334 g/mol. The Balaban J connectivity index is 2.10. The van der Waals surface area contributed by atoms with Crippen molar-refractivity contribution in [2.24, 2.45) is 0 Å². The summed E-state index contributed by atoms with van der Waals surface area (Å²) >= 11 is 0. The Morgan fingerprint density at radius 1 is 1.04 bits per heavy atom. The molecule has 1 heterocycles. The van der Waals surface area contributed by atoms with E-state index in [1.54, 1.807) is 24.3 Å². The zero-order valence-electron chi connectivity index (χ0n) is 15.2. The molecule has 7 nitrogen and oxygen atoms in total. The second-order valence-corrected chi connectivity index (χ2v) is 5.56. The van der Waals surface area contributed by atoms with Gasteiger partial charge in [-0.05, 0) is 30.7 Å². The molecular formula is C19H23N3O4. The van der Waals surface area contributed by atoms with Crippen molar-refractivity contribution in [1.82, 2.24) is 10.3 Å². The van der Waals surface area contributed by atoms with Gasteiger partial charge in [0.25, 0.3) is 11.8 Å². The summed E-state index contributed by atoms with van der Waals surface area (Å²) < 4.78 is 10.4. The van der Waals surface area contributed by atoms with Crippen molar-refractivity contribution in [3.63, 3.8) is 0 Å². The summed E-state index contributed by atoms with van der Waals surface area (Å²) in [5, 5.41) is 5.55. The summed E-state index contributed by atoms with van der Waals surface area (Å²) in [6.45, 7) is 2.65. The van der Waals surface area contributed by atoms with Crippen molar-refractivity contribution in [3.05, 3.63) is 47.8 Å². The van der Waals surface area contributed by atoms with Crippen LogP contribution in [-0.2, 0) is 0 Å². The summed E-state index contributed by atoms with van der Waals surface area (Å²) in [5.41, 5.74) is 1.09. The number of rotatable bonds is 8. The molecule has 1 aromatic heterocycles. The Morgan fingerprint density at radius 3 is 2.50 bits per heavy atom. The van der Waals surface area contributed by atoms with Crippen molar-refractivity contribution in [3.8, 4) is 11.5 Å². The predicted octanol–water partition coefficient (Wildman–Crippen LogP) is 2.88. The number of benzene rings is 1. The minimum Gasteiger partial charge on any atom is -0.493 e. The van der Waals surface area contributed by atoms with Gasteiger partial charge >= 0.3 is 0 Å². The van der Waals surface area contributed by atoms with Gasteiger partial charge in [-0.2, -0.15) is 0 Å². The number of carbonyl (C=O) groups excluding carboxylic acids is 2. The van der Waals surface area contributed by atoms with Crippen LogP contribution < -0.4 is 20.1 Å². The highest BCUT2D eigenvalue weighted by Crippen LogP contribution is 2.29. The van der Waals surface area contributed by atoms with Crippen molar-refractivity contribution in [2.75, 3.05) is 26.1 Å². The molecule has 2 amide bonds. The lowest BCUT2D eigenvalue weighted by molar-refractivity contribution is 0.0953. The minimum atomic E-state index is -0.416. The van der Waals surface area contributed by atoms with Gasteiger partial charge in [0.2, 0.25) is 0 Å². The number of pyridine rings is 1. The van der Waals surface area contributed by atoms with Crippen LogP contribution in [0.4, 0.5) is 5.69 Å². The number of methoxy groups -OCH3 is 2. The number of unbranched alkanes of at least 4 members (excludes halogenated alkanes) is 1. The first kappa shape index (κ1) is 19.2. The molecule has 0 atom stereocenters. The summed E-state index contributed by atoms with van der Waals surface area (Å²) in [6.07, 6.45) is 3.34. The van der Waals surface area contributed by atoms with E-state index >= 15 is 0 Å². The van der Waals surface area contributed by atoms with Crippen LogP contribution in [0.15, 0.2) is 36.5 Å².